The van der Waals surface area contributed by atoms with Crippen molar-refractivity contribution in [3.8, 4) is 11.6 Å². The Morgan fingerprint density at radius 2 is 1.54 bits per heavy atom. The fourth-order valence-corrected chi connectivity index (χ4v) is 3.11. The maximum absolute atomic E-state index is 13.0. The van der Waals surface area contributed by atoms with Crippen molar-refractivity contribution in [3.05, 3.63) is 100 Å². The van der Waals surface area contributed by atoms with Crippen LogP contribution in [-0.2, 0) is 0 Å². The van der Waals surface area contributed by atoms with Gasteiger partial charge in [0.25, 0.3) is 5.56 Å². The Morgan fingerprint density at radius 3 is 2.25 bits per heavy atom. The molecule has 3 aromatic carbocycles. The van der Waals surface area contributed by atoms with E-state index in [1.807, 2.05) is 73.7 Å². The first-order valence-electron chi connectivity index (χ1n) is 8.93. The molecule has 0 aliphatic heterocycles. The highest BCUT2D eigenvalue weighted by Gasteiger charge is 2.16. The highest BCUT2D eigenvalue weighted by atomic mass is 16.3. The Morgan fingerprint density at radius 1 is 0.893 bits per heavy atom. The number of aromatic nitrogens is 1. The van der Waals surface area contributed by atoms with E-state index in [1.54, 1.807) is 12.1 Å². The number of hydrogen-bond donors (Lipinski definition) is 2. The van der Waals surface area contributed by atoms with Gasteiger partial charge in [-0.15, -0.1) is 0 Å². The third-order valence-corrected chi connectivity index (χ3v) is 4.56. The molecule has 0 fully saturated rings. The van der Waals surface area contributed by atoms with E-state index in [0.717, 1.165) is 11.3 Å². The average molecular weight is 369 g/mol. The van der Waals surface area contributed by atoms with Crippen molar-refractivity contribution in [1.29, 1.82) is 0 Å². The van der Waals surface area contributed by atoms with E-state index in [0.29, 0.717) is 22.0 Å². The third-order valence-electron chi connectivity index (χ3n) is 4.56. The molecule has 0 spiro atoms. The number of aryl methyl sites for hydroxylation is 1. The largest absolute Gasteiger partial charge is 0.494 e. The molecular formula is C23H19N3O2. The van der Waals surface area contributed by atoms with Gasteiger partial charge >= 0.3 is 0 Å². The normalized spacial score (nSPS) is 11.2. The Labute approximate surface area is 162 Å². The van der Waals surface area contributed by atoms with Gasteiger partial charge in [0.2, 0.25) is 5.88 Å². The number of hydrogen-bond acceptors (Lipinski definition) is 4. The van der Waals surface area contributed by atoms with E-state index in [4.69, 9.17) is 0 Å². The molecule has 0 aliphatic rings. The maximum atomic E-state index is 13.0. The van der Waals surface area contributed by atoms with E-state index in [9.17, 15) is 9.90 Å². The second kappa shape index (κ2) is 7.40. The number of nitrogens with zero attached hydrogens (tertiary/aromatic N) is 2. The van der Waals surface area contributed by atoms with Crippen molar-refractivity contribution in [3.63, 3.8) is 0 Å². The number of rotatable bonds is 4. The van der Waals surface area contributed by atoms with Crippen molar-refractivity contribution in [2.75, 3.05) is 5.43 Å². The summed E-state index contributed by atoms with van der Waals surface area (Å²) in [5.74, 6) is -0.147. The van der Waals surface area contributed by atoms with Crippen LogP contribution < -0.4 is 11.0 Å². The van der Waals surface area contributed by atoms with Gasteiger partial charge in [-0.1, -0.05) is 54.1 Å². The van der Waals surface area contributed by atoms with Crippen molar-refractivity contribution in [1.82, 2.24) is 4.57 Å². The zero-order valence-electron chi connectivity index (χ0n) is 15.3. The zero-order chi connectivity index (χ0) is 19.5. The van der Waals surface area contributed by atoms with E-state index in [2.05, 4.69) is 10.5 Å². The number of nitrogens with one attached hydrogen (secondary N) is 1. The summed E-state index contributed by atoms with van der Waals surface area (Å²) < 4.78 is 1.31. The molecule has 0 atom stereocenters. The van der Waals surface area contributed by atoms with Gasteiger partial charge in [-0.2, -0.15) is 5.10 Å². The molecule has 5 nitrogen and oxygen atoms in total. The van der Waals surface area contributed by atoms with Crippen LogP contribution in [0.3, 0.4) is 0 Å². The number of aromatic hydroxyl groups is 1. The Bertz CT molecular complexity index is 1210. The van der Waals surface area contributed by atoms with Gasteiger partial charge in [0.15, 0.2) is 0 Å². The lowest BCUT2D eigenvalue weighted by Gasteiger charge is -2.14. The lowest BCUT2D eigenvalue weighted by molar-refractivity contribution is 0.436. The molecule has 4 aromatic rings. The fourth-order valence-electron chi connectivity index (χ4n) is 3.11. The van der Waals surface area contributed by atoms with Gasteiger partial charge in [-0.25, -0.2) is 4.57 Å². The van der Waals surface area contributed by atoms with Gasteiger partial charge < -0.3 is 5.11 Å². The SMILES string of the molecule is Cc1ccc(-n2c(O)c(/C=N\Nc3ccccc3)c3ccccc3c2=O)cc1. The van der Waals surface area contributed by atoms with Crippen molar-refractivity contribution in [2.24, 2.45) is 5.10 Å². The summed E-state index contributed by atoms with van der Waals surface area (Å²) in [6, 6.07) is 24.2. The van der Waals surface area contributed by atoms with Gasteiger partial charge in [0.05, 0.1) is 23.2 Å². The van der Waals surface area contributed by atoms with Crippen LogP contribution in [0.2, 0.25) is 0 Å². The first kappa shape index (κ1) is 17.5. The molecule has 1 aromatic heterocycles. The lowest BCUT2D eigenvalue weighted by atomic mass is 10.1. The maximum Gasteiger partial charge on any atom is 0.265 e. The summed E-state index contributed by atoms with van der Waals surface area (Å²) in [6.07, 6.45) is 1.54. The fraction of sp³-hybridized carbons (Fsp3) is 0.0435. The molecular weight excluding hydrogens is 350 g/mol. The molecule has 0 radical (unpaired) electrons. The van der Waals surface area contributed by atoms with Crippen LogP contribution in [0.4, 0.5) is 5.69 Å². The van der Waals surface area contributed by atoms with E-state index in [1.165, 1.54) is 10.8 Å². The van der Waals surface area contributed by atoms with Gasteiger partial charge in [-0.3, -0.25) is 10.2 Å². The second-order valence-electron chi connectivity index (χ2n) is 6.50. The summed E-state index contributed by atoms with van der Waals surface area (Å²) in [5.41, 5.74) is 5.64. The summed E-state index contributed by atoms with van der Waals surface area (Å²) in [7, 11) is 0. The predicted molar refractivity (Wildman–Crippen MR) is 114 cm³/mol. The van der Waals surface area contributed by atoms with Gasteiger partial charge in [0, 0.05) is 10.8 Å². The minimum absolute atomic E-state index is 0.147. The minimum atomic E-state index is -0.273. The number of anilines is 1. The summed E-state index contributed by atoms with van der Waals surface area (Å²) in [6.45, 7) is 1.97. The number of pyridine rings is 1. The number of para-hydroxylation sites is 1. The lowest BCUT2D eigenvalue weighted by Crippen LogP contribution is -2.20. The minimum Gasteiger partial charge on any atom is -0.494 e. The van der Waals surface area contributed by atoms with E-state index >= 15 is 0 Å². The topological polar surface area (TPSA) is 66.6 Å². The zero-order valence-corrected chi connectivity index (χ0v) is 15.3. The van der Waals surface area contributed by atoms with Crippen LogP contribution in [0, 0.1) is 6.92 Å². The van der Waals surface area contributed by atoms with Gasteiger partial charge in [-0.05, 0) is 37.3 Å². The van der Waals surface area contributed by atoms with E-state index in [-0.39, 0.29) is 11.4 Å². The van der Waals surface area contributed by atoms with Crippen LogP contribution in [0.15, 0.2) is 88.8 Å². The molecule has 0 saturated carbocycles. The van der Waals surface area contributed by atoms with E-state index < -0.39 is 0 Å². The highest BCUT2D eigenvalue weighted by Crippen LogP contribution is 2.26. The second-order valence-corrected chi connectivity index (χ2v) is 6.50. The molecule has 0 bridgehead atoms. The van der Waals surface area contributed by atoms with Crippen LogP contribution in [0.5, 0.6) is 5.88 Å². The van der Waals surface area contributed by atoms with Gasteiger partial charge in [0.1, 0.15) is 0 Å². The number of benzene rings is 3. The molecule has 0 amide bonds. The molecule has 5 heteroatoms. The quantitative estimate of drug-likeness (QED) is 0.412. The summed E-state index contributed by atoms with van der Waals surface area (Å²) >= 11 is 0. The molecule has 138 valence electrons. The first-order chi connectivity index (χ1) is 13.6. The number of hydrazone groups is 1. The highest BCUT2D eigenvalue weighted by molar-refractivity contribution is 6.01. The molecule has 4 rings (SSSR count). The molecule has 2 N–H and O–H groups in total. The molecule has 0 aliphatic carbocycles. The van der Waals surface area contributed by atoms with Crippen LogP contribution in [-0.4, -0.2) is 15.9 Å². The van der Waals surface area contributed by atoms with Crippen molar-refractivity contribution < 1.29 is 5.11 Å². The molecule has 28 heavy (non-hydrogen) atoms. The summed E-state index contributed by atoms with van der Waals surface area (Å²) in [5, 5.41) is 16.3. The Hall–Kier alpha value is -3.86. The first-order valence-corrected chi connectivity index (χ1v) is 8.93. The predicted octanol–water partition coefficient (Wildman–Crippen LogP) is 4.45. The third kappa shape index (κ3) is 3.25. The van der Waals surface area contributed by atoms with Crippen LogP contribution in [0.25, 0.3) is 16.5 Å². The monoisotopic (exact) mass is 369 g/mol. The van der Waals surface area contributed by atoms with Crippen LogP contribution >= 0.6 is 0 Å². The molecule has 0 unspecified atom stereocenters. The summed E-state index contributed by atoms with van der Waals surface area (Å²) in [4.78, 5) is 13.0. The Balaban J connectivity index is 1.87. The van der Waals surface area contributed by atoms with Crippen molar-refractivity contribution >= 4 is 22.7 Å². The van der Waals surface area contributed by atoms with Crippen LogP contribution in [0.1, 0.15) is 11.1 Å². The van der Waals surface area contributed by atoms with Crippen molar-refractivity contribution in [2.45, 2.75) is 6.92 Å². The Kier molecular flexibility index (Phi) is 4.64. The smallest absolute Gasteiger partial charge is 0.265 e. The average Bonchev–Trinajstić information content (AvgIpc) is 2.73. The standard InChI is InChI=1S/C23H19N3O2/c1-16-11-13-18(14-12-16)26-22(27)20-10-6-5-9-19(20)21(23(26)28)15-24-25-17-7-3-2-4-8-17/h2-15,25,28H,1H3/b24-15-. The number of fused-ring (bicyclic) bond motifs is 1. The molecule has 0 saturated heterocycles. The molecule has 1 heterocycles.